The topological polar surface area (TPSA) is 92.5 Å². The molecule has 6 nitrogen and oxygen atoms in total. The molecular formula is C11H12BrFN2O4. The standard InChI is InChI=1S/C11H12BrFN2O4/c1-5(11(16)17)6(2)14-9-4-8(13)7(12)3-10(9)15(18)19/h3-6,14H,1-2H3,(H,16,17). The summed E-state index contributed by atoms with van der Waals surface area (Å²) in [6, 6.07) is 1.42. The monoisotopic (exact) mass is 334 g/mol. The molecule has 0 aliphatic heterocycles. The van der Waals surface area contributed by atoms with E-state index in [2.05, 4.69) is 21.2 Å². The van der Waals surface area contributed by atoms with E-state index in [1.165, 1.54) is 6.92 Å². The van der Waals surface area contributed by atoms with E-state index in [-0.39, 0.29) is 15.8 Å². The Morgan fingerprint density at radius 1 is 1.53 bits per heavy atom. The molecule has 19 heavy (non-hydrogen) atoms. The van der Waals surface area contributed by atoms with Crippen molar-refractivity contribution in [1.82, 2.24) is 0 Å². The highest BCUT2D eigenvalue weighted by molar-refractivity contribution is 9.10. The first kappa shape index (κ1) is 15.4. The Balaban J connectivity index is 3.09. The van der Waals surface area contributed by atoms with Gasteiger partial charge in [0.05, 0.1) is 15.3 Å². The van der Waals surface area contributed by atoms with Crippen molar-refractivity contribution in [3.05, 3.63) is 32.5 Å². The Morgan fingerprint density at radius 3 is 2.58 bits per heavy atom. The van der Waals surface area contributed by atoms with Crippen molar-refractivity contribution in [2.75, 3.05) is 5.32 Å². The number of aliphatic carboxylic acids is 1. The molecule has 0 aliphatic carbocycles. The molecule has 104 valence electrons. The van der Waals surface area contributed by atoms with E-state index in [9.17, 15) is 19.3 Å². The zero-order valence-electron chi connectivity index (χ0n) is 10.2. The number of halogens is 2. The van der Waals surface area contributed by atoms with Crippen LogP contribution in [-0.4, -0.2) is 22.0 Å². The molecule has 0 fully saturated rings. The number of carboxylic acid groups (broad SMARTS) is 1. The van der Waals surface area contributed by atoms with E-state index >= 15 is 0 Å². The Hall–Kier alpha value is -1.70. The lowest BCUT2D eigenvalue weighted by Gasteiger charge is -2.19. The molecule has 0 heterocycles. The lowest BCUT2D eigenvalue weighted by Crippen LogP contribution is -2.30. The highest BCUT2D eigenvalue weighted by atomic mass is 79.9. The molecule has 1 rings (SSSR count). The van der Waals surface area contributed by atoms with Crippen LogP contribution >= 0.6 is 15.9 Å². The van der Waals surface area contributed by atoms with Gasteiger partial charge in [-0.15, -0.1) is 0 Å². The molecule has 0 amide bonds. The van der Waals surface area contributed by atoms with Gasteiger partial charge in [0.1, 0.15) is 11.5 Å². The quantitative estimate of drug-likeness (QED) is 0.637. The van der Waals surface area contributed by atoms with Gasteiger partial charge in [0.15, 0.2) is 0 Å². The molecule has 0 spiro atoms. The van der Waals surface area contributed by atoms with Crippen molar-refractivity contribution < 1.29 is 19.2 Å². The molecule has 0 radical (unpaired) electrons. The van der Waals surface area contributed by atoms with Crippen LogP contribution in [0.25, 0.3) is 0 Å². The number of rotatable bonds is 5. The third-order valence-electron chi connectivity index (χ3n) is 2.76. The van der Waals surface area contributed by atoms with Gasteiger partial charge in [-0.05, 0) is 29.8 Å². The van der Waals surface area contributed by atoms with Crippen LogP contribution in [0.15, 0.2) is 16.6 Å². The number of nitrogens with one attached hydrogen (secondary N) is 1. The molecule has 8 heteroatoms. The second-order valence-electron chi connectivity index (χ2n) is 4.10. The van der Waals surface area contributed by atoms with Crippen molar-refractivity contribution in [3.8, 4) is 0 Å². The number of carboxylic acids is 1. The molecule has 0 saturated carbocycles. The summed E-state index contributed by atoms with van der Waals surface area (Å²) < 4.78 is 13.4. The Bertz CT molecular complexity index is 524. The number of anilines is 1. The number of nitro benzene ring substituents is 1. The van der Waals surface area contributed by atoms with Gasteiger partial charge in [0.2, 0.25) is 0 Å². The summed E-state index contributed by atoms with van der Waals surface area (Å²) >= 11 is 2.87. The molecule has 2 N–H and O–H groups in total. The van der Waals surface area contributed by atoms with Crippen LogP contribution in [0.4, 0.5) is 15.8 Å². The average molecular weight is 335 g/mol. The normalized spacial score (nSPS) is 13.7. The lowest BCUT2D eigenvalue weighted by atomic mass is 10.0. The van der Waals surface area contributed by atoms with E-state index in [1.54, 1.807) is 6.92 Å². The number of benzene rings is 1. The maximum Gasteiger partial charge on any atom is 0.308 e. The van der Waals surface area contributed by atoms with Crippen molar-refractivity contribution in [3.63, 3.8) is 0 Å². The maximum absolute atomic E-state index is 13.4. The minimum atomic E-state index is -1.04. The van der Waals surface area contributed by atoms with Crippen LogP contribution in [0, 0.1) is 21.8 Å². The van der Waals surface area contributed by atoms with E-state index < -0.39 is 28.7 Å². The van der Waals surface area contributed by atoms with E-state index in [0.717, 1.165) is 12.1 Å². The molecule has 2 unspecified atom stereocenters. The fourth-order valence-corrected chi connectivity index (χ4v) is 1.72. The summed E-state index contributed by atoms with van der Waals surface area (Å²) in [4.78, 5) is 21.0. The summed E-state index contributed by atoms with van der Waals surface area (Å²) in [5.74, 6) is -2.48. The second-order valence-corrected chi connectivity index (χ2v) is 4.95. The molecular weight excluding hydrogens is 323 g/mol. The fraction of sp³-hybridized carbons (Fsp3) is 0.364. The highest BCUT2D eigenvalue weighted by Gasteiger charge is 2.23. The van der Waals surface area contributed by atoms with Gasteiger partial charge >= 0.3 is 5.97 Å². The Labute approximate surface area is 116 Å². The number of hydrogen-bond acceptors (Lipinski definition) is 4. The summed E-state index contributed by atoms with van der Waals surface area (Å²) in [7, 11) is 0. The van der Waals surface area contributed by atoms with Crippen molar-refractivity contribution in [1.29, 1.82) is 0 Å². The van der Waals surface area contributed by atoms with Crippen LogP contribution in [0.5, 0.6) is 0 Å². The van der Waals surface area contributed by atoms with Gasteiger partial charge in [0, 0.05) is 18.2 Å². The van der Waals surface area contributed by atoms with Crippen molar-refractivity contribution >= 4 is 33.3 Å². The van der Waals surface area contributed by atoms with Gasteiger partial charge in [0.25, 0.3) is 5.69 Å². The minimum absolute atomic E-state index is 0.0244. The molecule has 2 atom stereocenters. The second kappa shape index (κ2) is 5.96. The van der Waals surface area contributed by atoms with E-state index in [4.69, 9.17) is 5.11 Å². The fourth-order valence-electron chi connectivity index (χ4n) is 1.39. The average Bonchev–Trinajstić information content (AvgIpc) is 2.31. The van der Waals surface area contributed by atoms with E-state index in [0.29, 0.717) is 0 Å². The van der Waals surface area contributed by atoms with Gasteiger partial charge < -0.3 is 10.4 Å². The molecule has 0 saturated heterocycles. The van der Waals surface area contributed by atoms with Gasteiger partial charge in [-0.25, -0.2) is 4.39 Å². The van der Waals surface area contributed by atoms with Gasteiger partial charge in [-0.3, -0.25) is 14.9 Å². The highest BCUT2D eigenvalue weighted by Crippen LogP contribution is 2.31. The Morgan fingerprint density at radius 2 is 2.11 bits per heavy atom. The molecule has 0 aliphatic rings. The lowest BCUT2D eigenvalue weighted by molar-refractivity contribution is -0.384. The maximum atomic E-state index is 13.4. The SMILES string of the molecule is CC(Nc1cc(F)c(Br)cc1[N+](=O)[O-])C(C)C(=O)O. The molecule has 0 aromatic heterocycles. The van der Waals surface area contributed by atoms with Crippen molar-refractivity contribution in [2.45, 2.75) is 19.9 Å². The number of hydrogen-bond donors (Lipinski definition) is 2. The first-order valence-electron chi connectivity index (χ1n) is 5.36. The third-order valence-corrected chi connectivity index (χ3v) is 3.37. The van der Waals surface area contributed by atoms with Crippen LogP contribution in [0.1, 0.15) is 13.8 Å². The summed E-state index contributed by atoms with van der Waals surface area (Å²) in [6.45, 7) is 3.02. The summed E-state index contributed by atoms with van der Waals surface area (Å²) in [5, 5.41) is 22.4. The van der Waals surface area contributed by atoms with E-state index in [1.807, 2.05) is 0 Å². The van der Waals surface area contributed by atoms with Crippen LogP contribution < -0.4 is 5.32 Å². The first-order valence-corrected chi connectivity index (χ1v) is 6.16. The summed E-state index contributed by atoms with van der Waals surface area (Å²) in [5.41, 5.74) is -0.371. The Kier molecular flexibility index (Phi) is 4.82. The predicted octanol–water partition coefficient (Wildman–Crippen LogP) is 3.02. The minimum Gasteiger partial charge on any atom is -0.481 e. The third kappa shape index (κ3) is 3.63. The number of nitrogens with zero attached hydrogens (tertiary/aromatic N) is 1. The smallest absolute Gasteiger partial charge is 0.308 e. The number of nitro groups is 1. The largest absolute Gasteiger partial charge is 0.481 e. The number of carbonyl (C=O) groups is 1. The predicted molar refractivity (Wildman–Crippen MR) is 70.6 cm³/mol. The van der Waals surface area contributed by atoms with Gasteiger partial charge in [-0.2, -0.15) is 0 Å². The molecule has 1 aromatic carbocycles. The van der Waals surface area contributed by atoms with Crippen LogP contribution in [0.2, 0.25) is 0 Å². The van der Waals surface area contributed by atoms with Crippen molar-refractivity contribution in [2.24, 2.45) is 5.92 Å². The van der Waals surface area contributed by atoms with Crippen LogP contribution in [-0.2, 0) is 4.79 Å². The summed E-state index contributed by atoms with van der Waals surface area (Å²) in [6.07, 6.45) is 0. The first-order chi connectivity index (χ1) is 8.73. The zero-order valence-corrected chi connectivity index (χ0v) is 11.8. The molecule has 0 bridgehead atoms. The van der Waals surface area contributed by atoms with Crippen LogP contribution in [0.3, 0.4) is 0 Å². The molecule has 1 aromatic rings. The zero-order chi connectivity index (χ0) is 14.7. The van der Waals surface area contributed by atoms with Gasteiger partial charge in [-0.1, -0.05) is 0 Å².